The maximum atomic E-state index is 12.1. The Morgan fingerprint density at radius 1 is 1.07 bits per heavy atom. The van der Waals surface area contributed by atoms with Crippen molar-refractivity contribution >= 4 is 17.5 Å². The van der Waals surface area contributed by atoms with E-state index in [9.17, 15) is 9.59 Å². The van der Waals surface area contributed by atoms with E-state index < -0.39 is 11.9 Å². The van der Waals surface area contributed by atoms with Crippen molar-refractivity contribution in [2.24, 2.45) is 11.5 Å². The third-order valence-corrected chi connectivity index (χ3v) is 4.43. The van der Waals surface area contributed by atoms with E-state index in [0.29, 0.717) is 5.69 Å². The number of nitrogens with zero attached hydrogens (tertiary/aromatic N) is 1. The third kappa shape index (κ3) is 4.83. The molecule has 3 aromatic rings. The molecule has 7 heteroatoms. The Hall–Kier alpha value is -3.45. The predicted molar refractivity (Wildman–Crippen MR) is 109 cm³/mol. The lowest BCUT2D eigenvalue weighted by Gasteiger charge is -2.11. The van der Waals surface area contributed by atoms with Gasteiger partial charge in [-0.1, -0.05) is 42.0 Å². The highest BCUT2D eigenvalue weighted by Crippen LogP contribution is 2.25. The molecule has 7 nitrogen and oxygen atoms in total. The fourth-order valence-corrected chi connectivity index (χ4v) is 2.74. The summed E-state index contributed by atoms with van der Waals surface area (Å²) in [7, 11) is 0. The van der Waals surface area contributed by atoms with Crippen LogP contribution in [0.5, 0.6) is 0 Å². The fourth-order valence-electron chi connectivity index (χ4n) is 2.74. The van der Waals surface area contributed by atoms with Gasteiger partial charge < -0.3 is 16.8 Å². The van der Waals surface area contributed by atoms with Crippen molar-refractivity contribution < 1.29 is 9.59 Å². The second-order valence-electron chi connectivity index (χ2n) is 6.71. The zero-order valence-electron chi connectivity index (χ0n) is 15.6. The van der Waals surface area contributed by atoms with E-state index in [1.807, 2.05) is 37.3 Å². The van der Waals surface area contributed by atoms with Crippen molar-refractivity contribution in [3.63, 3.8) is 0 Å². The first-order chi connectivity index (χ1) is 13.4. The molecule has 0 aliphatic rings. The molecule has 144 valence electrons. The minimum absolute atomic E-state index is 0.0800. The van der Waals surface area contributed by atoms with Crippen molar-refractivity contribution in [1.29, 1.82) is 0 Å². The predicted octanol–water partition coefficient (Wildman–Crippen LogP) is 2.58. The number of carbonyl (C=O) groups is 2. The monoisotopic (exact) mass is 377 g/mol. The van der Waals surface area contributed by atoms with Crippen LogP contribution in [0.1, 0.15) is 18.4 Å². The summed E-state index contributed by atoms with van der Waals surface area (Å²) in [5.74, 6) is -0.825. The van der Waals surface area contributed by atoms with Crippen LogP contribution >= 0.6 is 0 Å². The van der Waals surface area contributed by atoms with E-state index >= 15 is 0 Å². The zero-order valence-corrected chi connectivity index (χ0v) is 15.6. The number of rotatable bonds is 7. The fraction of sp³-hybridized carbons (Fsp3) is 0.190. The summed E-state index contributed by atoms with van der Waals surface area (Å²) in [5.41, 5.74) is 16.4. The average molecular weight is 377 g/mol. The van der Waals surface area contributed by atoms with Crippen LogP contribution in [0.2, 0.25) is 0 Å². The highest BCUT2D eigenvalue weighted by atomic mass is 16.2. The van der Waals surface area contributed by atoms with Crippen molar-refractivity contribution in [1.82, 2.24) is 10.2 Å². The normalized spacial score (nSPS) is 11.8. The van der Waals surface area contributed by atoms with E-state index in [4.69, 9.17) is 11.5 Å². The number of amides is 2. The van der Waals surface area contributed by atoms with Gasteiger partial charge in [-0.2, -0.15) is 5.10 Å². The van der Waals surface area contributed by atoms with Gasteiger partial charge in [-0.15, -0.1) is 0 Å². The first kappa shape index (κ1) is 19.3. The summed E-state index contributed by atoms with van der Waals surface area (Å²) in [6.07, 6.45) is 0.297. The minimum Gasteiger partial charge on any atom is -0.370 e. The number of hydrogen-bond donors (Lipinski definition) is 4. The number of H-pyrrole nitrogens is 1. The Morgan fingerprint density at radius 2 is 1.71 bits per heavy atom. The molecule has 28 heavy (non-hydrogen) atoms. The molecule has 0 bridgehead atoms. The van der Waals surface area contributed by atoms with Gasteiger partial charge in [0, 0.05) is 17.7 Å². The molecule has 3 rings (SSSR count). The van der Waals surface area contributed by atoms with Crippen molar-refractivity contribution in [3.8, 4) is 22.5 Å². The lowest BCUT2D eigenvalue weighted by molar-refractivity contribution is -0.119. The van der Waals surface area contributed by atoms with Crippen LogP contribution < -0.4 is 16.8 Å². The van der Waals surface area contributed by atoms with Crippen LogP contribution in [0.25, 0.3) is 22.5 Å². The molecule has 2 aromatic carbocycles. The maximum Gasteiger partial charge on any atom is 0.241 e. The molecule has 0 aliphatic carbocycles. The Morgan fingerprint density at radius 3 is 2.36 bits per heavy atom. The molecule has 0 fully saturated rings. The summed E-state index contributed by atoms with van der Waals surface area (Å²) >= 11 is 0. The van der Waals surface area contributed by atoms with Crippen LogP contribution in [0.4, 0.5) is 5.69 Å². The van der Waals surface area contributed by atoms with E-state index in [0.717, 1.165) is 22.5 Å². The van der Waals surface area contributed by atoms with Gasteiger partial charge in [-0.25, -0.2) is 0 Å². The topological polar surface area (TPSA) is 127 Å². The van der Waals surface area contributed by atoms with Crippen molar-refractivity contribution in [3.05, 3.63) is 60.2 Å². The third-order valence-electron chi connectivity index (χ3n) is 4.43. The zero-order chi connectivity index (χ0) is 20.1. The molecule has 1 heterocycles. The molecule has 1 atom stereocenters. The number of aryl methyl sites for hydroxylation is 1. The van der Waals surface area contributed by atoms with Gasteiger partial charge in [-0.05, 0) is 37.1 Å². The van der Waals surface area contributed by atoms with E-state index in [-0.39, 0.29) is 18.7 Å². The number of nitrogens with two attached hydrogens (primary N) is 2. The molecule has 0 unspecified atom stereocenters. The van der Waals surface area contributed by atoms with Gasteiger partial charge >= 0.3 is 0 Å². The first-order valence-corrected chi connectivity index (χ1v) is 9.00. The highest BCUT2D eigenvalue weighted by Gasteiger charge is 2.14. The second-order valence-corrected chi connectivity index (χ2v) is 6.71. The first-order valence-electron chi connectivity index (χ1n) is 9.00. The largest absolute Gasteiger partial charge is 0.370 e. The second kappa shape index (κ2) is 8.49. The van der Waals surface area contributed by atoms with Crippen molar-refractivity contribution in [2.45, 2.75) is 25.8 Å². The summed E-state index contributed by atoms with van der Waals surface area (Å²) < 4.78 is 0. The van der Waals surface area contributed by atoms with Gasteiger partial charge in [-0.3, -0.25) is 14.7 Å². The number of carbonyl (C=O) groups excluding carboxylic acids is 2. The summed E-state index contributed by atoms with van der Waals surface area (Å²) in [6, 6.07) is 16.7. The summed E-state index contributed by atoms with van der Waals surface area (Å²) in [5, 5.41) is 10.2. The SMILES string of the molecule is Cc1ccc(-c2cc(-c3ccc(NC(=O)[C@@H](N)CCC(N)=O)cc3)[nH]n2)cc1. The number of anilines is 1. The van der Waals surface area contributed by atoms with E-state index in [1.54, 1.807) is 12.1 Å². The lowest BCUT2D eigenvalue weighted by atomic mass is 10.1. The Balaban J connectivity index is 1.65. The van der Waals surface area contributed by atoms with Gasteiger partial charge in [0.1, 0.15) is 0 Å². The van der Waals surface area contributed by atoms with Gasteiger partial charge in [0.05, 0.1) is 17.4 Å². The van der Waals surface area contributed by atoms with Crippen LogP contribution in [0.3, 0.4) is 0 Å². The van der Waals surface area contributed by atoms with Gasteiger partial charge in [0.15, 0.2) is 0 Å². The number of primary amides is 1. The molecule has 1 aromatic heterocycles. The molecule has 0 aliphatic heterocycles. The van der Waals surface area contributed by atoms with Crippen LogP contribution in [-0.4, -0.2) is 28.1 Å². The molecule has 0 radical (unpaired) electrons. The van der Waals surface area contributed by atoms with E-state index in [2.05, 4.69) is 27.6 Å². The number of nitrogens with one attached hydrogen (secondary N) is 2. The molecule has 0 saturated carbocycles. The number of benzene rings is 2. The number of hydrogen-bond acceptors (Lipinski definition) is 4. The standard InChI is InChI=1S/C21H23N5O2/c1-13-2-4-14(5-3-13)18-12-19(26-25-18)15-6-8-16(9-7-15)24-21(28)17(22)10-11-20(23)27/h2-9,12,17H,10-11,22H2,1H3,(H2,23,27)(H,24,28)(H,25,26)/t17-/m0/s1. The molecular weight excluding hydrogens is 354 g/mol. The quantitative estimate of drug-likeness (QED) is 0.504. The van der Waals surface area contributed by atoms with Gasteiger partial charge in [0.25, 0.3) is 0 Å². The summed E-state index contributed by atoms with van der Waals surface area (Å²) in [6.45, 7) is 2.05. The number of aromatic nitrogens is 2. The lowest BCUT2D eigenvalue weighted by Crippen LogP contribution is -2.36. The Kier molecular flexibility index (Phi) is 5.86. The van der Waals surface area contributed by atoms with Crippen LogP contribution in [-0.2, 0) is 9.59 Å². The Bertz CT molecular complexity index is 961. The van der Waals surface area contributed by atoms with Crippen LogP contribution in [0, 0.1) is 6.92 Å². The van der Waals surface area contributed by atoms with E-state index in [1.165, 1.54) is 5.56 Å². The molecular formula is C21H23N5O2. The van der Waals surface area contributed by atoms with Crippen molar-refractivity contribution in [2.75, 3.05) is 5.32 Å². The molecule has 6 N–H and O–H groups in total. The molecule has 2 amide bonds. The van der Waals surface area contributed by atoms with Crippen LogP contribution in [0.15, 0.2) is 54.6 Å². The minimum atomic E-state index is -0.781. The molecule has 0 spiro atoms. The average Bonchev–Trinajstić information content (AvgIpc) is 3.17. The molecule has 0 saturated heterocycles. The number of aromatic amines is 1. The Labute approximate surface area is 163 Å². The smallest absolute Gasteiger partial charge is 0.241 e. The summed E-state index contributed by atoms with van der Waals surface area (Å²) in [4.78, 5) is 22.9. The highest BCUT2D eigenvalue weighted by molar-refractivity contribution is 5.95. The maximum absolute atomic E-state index is 12.1. The van der Waals surface area contributed by atoms with Gasteiger partial charge in [0.2, 0.25) is 11.8 Å².